The quantitative estimate of drug-likeness (QED) is 0.491. The zero-order chi connectivity index (χ0) is 15.5. The van der Waals surface area contributed by atoms with Crippen LogP contribution >= 0.6 is 0 Å². The van der Waals surface area contributed by atoms with Gasteiger partial charge in [0, 0.05) is 6.07 Å². The van der Waals surface area contributed by atoms with Gasteiger partial charge in [0.25, 0.3) is 0 Å². The Bertz CT molecular complexity index is 686. The van der Waals surface area contributed by atoms with Gasteiger partial charge in [0.1, 0.15) is 37.8 Å². The molecule has 0 bridgehead atoms. The van der Waals surface area contributed by atoms with Crippen LogP contribution in [0.5, 0.6) is 11.5 Å². The number of oxime groups is 1. The molecule has 0 amide bonds. The molecule has 0 N–H and O–H groups in total. The van der Waals surface area contributed by atoms with Crippen LogP contribution in [0.2, 0.25) is 0 Å². The maximum Gasteiger partial charge on any atom is 0.204 e. The van der Waals surface area contributed by atoms with Gasteiger partial charge in [0.15, 0.2) is 11.5 Å². The highest BCUT2D eigenvalue weighted by molar-refractivity contribution is 6.00. The van der Waals surface area contributed by atoms with Gasteiger partial charge in [-0.05, 0) is 19.9 Å². The standard InChI is InChI=1S/C14H15FN4O3/c1-9(2)22-18-14(19-8-16-7-17-19)10-5-12-13(6-11(10)15)21-4-3-20-12/h5-9H,3-4H2,1-2H3/b18-14-. The Balaban J connectivity index is 2.06. The van der Waals surface area contributed by atoms with Gasteiger partial charge in [-0.1, -0.05) is 5.16 Å². The van der Waals surface area contributed by atoms with E-state index in [1.165, 1.54) is 29.5 Å². The number of aromatic nitrogens is 3. The minimum absolute atomic E-state index is 0.154. The third-order valence-corrected chi connectivity index (χ3v) is 2.86. The monoisotopic (exact) mass is 306 g/mol. The molecule has 1 aliphatic rings. The van der Waals surface area contributed by atoms with Crippen molar-refractivity contribution in [2.45, 2.75) is 20.0 Å². The lowest BCUT2D eigenvalue weighted by atomic mass is 10.1. The van der Waals surface area contributed by atoms with Gasteiger partial charge < -0.3 is 14.3 Å². The summed E-state index contributed by atoms with van der Waals surface area (Å²) in [6, 6.07) is 2.79. The Kier molecular flexibility index (Phi) is 3.90. The number of nitrogens with zero attached hydrogens (tertiary/aromatic N) is 4. The van der Waals surface area contributed by atoms with Crippen LogP contribution in [0.4, 0.5) is 4.39 Å². The van der Waals surface area contributed by atoms with Gasteiger partial charge in [-0.25, -0.2) is 9.37 Å². The van der Waals surface area contributed by atoms with Gasteiger partial charge in [-0.2, -0.15) is 9.78 Å². The largest absolute Gasteiger partial charge is 0.486 e. The minimum atomic E-state index is -0.508. The SMILES string of the molecule is CC(C)O/N=C(/c1cc2c(cc1F)OCCO2)n1cncn1. The van der Waals surface area contributed by atoms with Crippen LogP contribution in [0, 0.1) is 5.82 Å². The van der Waals surface area contributed by atoms with Crippen molar-refractivity contribution in [1.29, 1.82) is 0 Å². The molecule has 7 nitrogen and oxygen atoms in total. The number of fused-ring (bicyclic) bond motifs is 1. The highest BCUT2D eigenvalue weighted by Gasteiger charge is 2.21. The van der Waals surface area contributed by atoms with Crippen LogP contribution in [-0.2, 0) is 4.84 Å². The lowest BCUT2D eigenvalue weighted by Crippen LogP contribution is -2.20. The summed E-state index contributed by atoms with van der Waals surface area (Å²) >= 11 is 0. The summed E-state index contributed by atoms with van der Waals surface area (Å²) in [5, 5.41) is 7.97. The van der Waals surface area contributed by atoms with Gasteiger partial charge in [-0.3, -0.25) is 0 Å². The van der Waals surface area contributed by atoms with Gasteiger partial charge in [0.2, 0.25) is 5.84 Å². The molecular weight excluding hydrogens is 291 g/mol. The first-order valence-electron chi connectivity index (χ1n) is 6.83. The molecule has 1 aromatic heterocycles. The molecule has 2 heterocycles. The van der Waals surface area contributed by atoms with Crippen LogP contribution in [-0.4, -0.2) is 39.9 Å². The molecule has 0 aliphatic carbocycles. The molecule has 0 spiro atoms. The molecular formula is C14H15FN4O3. The van der Waals surface area contributed by atoms with Crippen LogP contribution in [0.3, 0.4) is 0 Å². The molecule has 8 heteroatoms. The number of halogens is 1. The molecule has 1 aromatic carbocycles. The second-order valence-electron chi connectivity index (χ2n) is 4.88. The van der Waals surface area contributed by atoms with E-state index in [2.05, 4.69) is 15.2 Å². The van der Waals surface area contributed by atoms with E-state index < -0.39 is 5.82 Å². The fourth-order valence-corrected chi connectivity index (χ4v) is 1.92. The molecule has 0 fully saturated rings. The molecule has 2 aromatic rings. The summed E-state index contributed by atoms with van der Waals surface area (Å²) in [5.41, 5.74) is 0.190. The lowest BCUT2D eigenvalue weighted by molar-refractivity contribution is 0.0850. The highest BCUT2D eigenvalue weighted by Crippen LogP contribution is 2.33. The van der Waals surface area contributed by atoms with E-state index >= 15 is 0 Å². The molecule has 1 aliphatic heterocycles. The average molecular weight is 306 g/mol. The van der Waals surface area contributed by atoms with Crippen molar-refractivity contribution in [3.05, 3.63) is 36.2 Å². The highest BCUT2D eigenvalue weighted by atomic mass is 19.1. The summed E-state index contributed by atoms with van der Waals surface area (Å²) in [5.74, 6) is 0.502. The van der Waals surface area contributed by atoms with Gasteiger partial charge in [-0.15, -0.1) is 0 Å². The first-order valence-corrected chi connectivity index (χ1v) is 6.83. The second-order valence-corrected chi connectivity index (χ2v) is 4.88. The van der Waals surface area contributed by atoms with Crippen molar-refractivity contribution in [3.8, 4) is 11.5 Å². The van der Waals surface area contributed by atoms with Crippen molar-refractivity contribution < 1.29 is 18.7 Å². The number of rotatable bonds is 3. The number of hydrogen-bond acceptors (Lipinski definition) is 6. The third kappa shape index (κ3) is 2.85. The molecule has 116 valence electrons. The number of hydrogen-bond donors (Lipinski definition) is 0. The first-order chi connectivity index (χ1) is 10.6. The van der Waals surface area contributed by atoms with Crippen molar-refractivity contribution in [3.63, 3.8) is 0 Å². The van der Waals surface area contributed by atoms with Crippen molar-refractivity contribution in [2.75, 3.05) is 13.2 Å². The number of benzene rings is 1. The Morgan fingerprint density at radius 1 is 1.32 bits per heavy atom. The van der Waals surface area contributed by atoms with Crippen molar-refractivity contribution in [1.82, 2.24) is 14.8 Å². The molecule has 0 saturated carbocycles. The maximum atomic E-state index is 14.4. The van der Waals surface area contributed by atoms with E-state index in [4.69, 9.17) is 14.3 Å². The Morgan fingerprint density at radius 3 is 2.68 bits per heavy atom. The summed E-state index contributed by atoms with van der Waals surface area (Å²) in [4.78, 5) is 9.09. The summed E-state index contributed by atoms with van der Waals surface area (Å²) in [7, 11) is 0. The van der Waals surface area contributed by atoms with Crippen LogP contribution in [0.25, 0.3) is 0 Å². The molecule has 22 heavy (non-hydrogen) atoms. The van der Waals surface area contributed by atoms with Crippen LogP contribution in [0.1, 0.15) is 19.4 Å². The molecule has 0 saturated heterocycles. The topological polar surface area (TPSA) is 70.8 Å². The van der Waals surface area contributed by atoms with Gasteiger partial charge >= 0.3 is 0 Å². The normalized spacial score (nSPS) is 14.3. The van der Waals surface area contributed by atoms with Crippen molar-refractivity contribution >= 4 is 5.84 Å². The zero-order valence-electron chi connectivity index (χ0n) is 12.2. The smallest absolute Gasteiger partial charge is 0.204 e. The summed E-state index contributed by atoms with van der Waals surface area (Å²) in [6.45, 7) is 4.45. The summed E-state index contributed by atoms with van der Waals surface area (Å²) in [6.07, 6.45) is 2.60. The first kappa shape index (κ1) is 14.3. The fraction of sp³-hybridized carbons (Fsp3) is 0.357. The third-order valence-electron chi connectivity index (χ3n) is 2.86. The van der Waals surface area contributed by atoms with E-state index in [1.54, 1.807) is 0 Å². The molecule has 0 unspecified atom stereocenters. The fourth-order valence-electron chi connectivity index (χ4n) is 1.92. The van der Waals surface area contributed by atoms with E-state index in [9.17, 15) is 4.39 Å². The average Bonchev–Trinajstić information content (AvgIpc) is 3.01. The number of ether oxygens (including phenoxy) is 2. The predicted octanol–water partition coefficient (Wildman–Crippen LogP) is 1.82. The van der Waals surface area contributed by atoms with E-state index in [0.29, 0.717) is 24.7 Å². The van der Waals surface area contributed by atoms with Crippen molar-refractivity contribution in [2.24, 2.45) is 5.16 Å². The zero-order valence-corrected chi connectivity index (χ0v) is 12.2. The second kappa shape index (κ2) is 6.00. The Morgan fingerprint density at radius 2 is 2.05 bits per heavy atom. The van der Waals surface area contributed by atoms with E-state index in [1.807, 2.05) is 13.8 Å². The van der Waals surface area contributed by atoms with Crippen LogP contribution < -0.4 is 9.47 Å². The minimum Gasteiger partial charge on any atom is -0.486 e. The predicted molar refractivity (Wildman–Crippen MR) is 75.6 cm³/mol. The molecule has 3 rings (SSSR count). The Labute approximate surface area is 126 Å². The lowest BCUT2D eigenvalue weighted by Gasteiger charge is -2.19. The molecule has 0 radical (unpaired) electrons. The molecule has 0 atom stereocenters. The van der Waals surface area contributed by atoms with Crippen LogP contribution in [0.15, 0.2) is 29.9 Å². The van der Waals surface area contributed by atoms with E-state index in [-0.39, 0.29) is 17.5 Å². The van der Waals surface area contributed by atoms with E-state index in [0.717, 1.165) is 0 Å². The summed E-state index contributed by atoms with van der Waals surface area (Å²) < 4.78 is 26.6. The van der Waals surface area contributed by atoms with Gasteiger partial charge in [0.05, 0.1) is 5.56 Å². The maximum absolute atomic E-state index is 14.4. The Hall–Kier alpha value is -2.64.